The Morgan fingerprint density at radius 2 is 2.00 bits per heavy atom. The summed E-state index contributed by atoms with van der Waals surface area (Å²) in [6, 6.07) is 10.7. The van der Waals surface area contributed by atoms with Crippen LogP contribution in [0.5, 0.6) is 5.75 Å². The van der Waals surface area contributed by atoms with Gasteiger partial charge in [0.2, 0.25) is 0 Å². The van der Waals surface area contributed by atoms with Crippen molar-refractivity contribution in [2.45, 2.75) is 12.6 Å². The van der Waals surface area contributed by atoms with E-state index in [1.807, 2.05) is 18.2 Å². The maximum atomic E-state index is 12.3. The van der Waals surface area contributed by atoms with Crippen LogP contribution in [0.2, 0.25) is 0 Å². The molecule has 3 rings (SSSR count). The van der Waals surface area contributed by atoms with Gasteiger partial charge >= 0.3 is 5.97 Å². The van der Waals surface area contributed by atoms with Crippen LogP contribution in [0.25, 0.3) is 10.8 Å². The van der Waals surface area contributed by atoms with Crippen molar-refractivity contribution in [3.8, 4) is 5.75 Å². The van der Waals surface area contributed by atoms with Gasteiger partial charge in [0, 0.05) is 31.4 Å². The number of carbonyl (C=O) groups is 1. The molecule has 0 saturated carbocycles. The van der Waals surface area contributed by atoms with Gasteiger partial charge in [-0.1, -0.05) is 30.3 Å². The first-order chi connectivity index (χ1) is 11.6. The zero-order valence-corrected chi connectivity index (χ0v) is 13.5. The first-order valence-corrected chi connectivity index (χ1v) is 8.12. The summed E-state index contributed by atoms with van der Waals surface area (Å²) in [7, 11) is 0. The predicted octanol–water partition coefficient (Wildman–Crippen LogP) is 1.71. The molecule has 0 spiro atoms. The van der Waals surface area contributed by atoms with E-state index in [2.05, 4.69) is 4.90 Å². The third-order valence-electron chi connectivity index (χ3n) is 4.21. The summed E-state index contributed by atoms with van der Waals surface area (Å²) in [5.74, 6) is -0.675. The summed E-state index contributed by atoms with van der Waals surface area (Å²) in [6.45, 7) is 3.93. The van der Waals surface area contributed by atoms with Crippen LogP contribution in [0.3, 0.4) is 0 Å². The molecule has 128 valence electrons. The molecule has 6 nitrogen and oxygen atoms in total. The number of rotatable bonds is 5. The minimum Gasteiger partial charge on any atom is -0.506 e. The molecular formula is C18H22N2O4. The van der Waals surface area contributed by atoms with E-state index in [0.717, 1.165) is 38.2 Å². The number of aromatic hydroxyl groups is 1. The lowest BCUT2D eigenvalue weighted by molar-refractivity contribution is 0.0146. The van der Waals surface area contributed by atoms with E-state index in [1.165, 1.54) is 0 Å². The van der Waals surface area contributed by atoms with E-state index >= 15 is 0 Å². The molecule has 1 unspecified atom stereocenters. The van der Waals surface area contributed by atoms with Crippen molar-refractivity contribution < 1.29 is 19.4 Å². The van der Waals surface area contributed by atoms with Crippen LogP contribution >= 0.6 is 0 Å². The lowest BCUT2D eigenvalue weighted by Gasteiger charge is -2.27. The average molecular weight is 330 g/mol. The molecule has 0 radical (unpaired) electrons. The molecule has 2 aromatic rings. The van der Waals surface area contributed by atoms with Crippen molar-refractivity contribution in [1.29, 1.82) is 0 Å². The predicted molar refractivity (Wildman–Crippen MR) is 90.9 cm³/mol. The van der Waals surface area contributed by atoms with E-state index < -0.39 is 12.2 Å². The largest absolute Gasteiger partial charge is 0.506 e. The monoisotopic (exact) mass is 330 g/mol. The number of ether oxygens (including phenoxy) is 2. The highest BCUT2D eigenvalue weighted by molar-refractivity contribution is 6.01. The van der Waals surface area contributed by atoms with Gasteiger partial charge in [-0.2, -0.15) is 0 Å². The molecule has 0 amide bonds. The summed E-state index contributed by atoms with van der Waals surface area (Å²) in [5, 5.41) is 11.8. The third kappa shape index (κ3) is 3.84. The Bertz CT molecular complexity index is 713. The number of phenolic OH excluding ortho intramolecular Hbond substituents is 1. The van der Waals surface area contributed by atoms with E-state index in [-0.39, 0.29) is 11.3 Å². The molecule has 0 aliphatic carbocycles. The van der Waals surface area contributed by atoms with Gasteiger partial charge in [-0.05, 0) is 11.5 Å². The number of carbonyl (C=O) groups excluding carboxylic acids is 1. The molecule has 1 atom stereocenters. The highest BCUT2D eigenvalue weighted by Gasteiger charge is 2.19. The van der Waals surface area contributed by atoms with E-state index in [4.69, 9.17) is 15.2 Å². The van der Waals surface area contributed by atoms with Gasteiger partial charge in [-0.25, -0.2) is 4.79 Å². The van der Waals surface area contributed by atoms with E-state index in [1.54, 1.807) is 18.2 Å². The molecule has 3 N–H and O–H groups in total. The third-order valence-corrected chi connectivity index (χ3v) is 4.21. The van der Waals surface area contributed by atoms with Crippen molar-refractivity contribution in [2.24, 2.45) is 5.73 Å². The van der Waals surface area contributed by atoms with E-state index in [0.29, 0.717) is 11.8 Å². The number of esters is 1. The first kappa shape index (κ1) is 16.7. The summed E-state index contributed by atoms with van der Waals surface area (Å²) in [4.78, 5) is 14.5. The first-order valence-electron chi connectivity index (χ1n) is 8.12. The maximum Gasteiger partial charge on any atom is 0.343 e. The molecule has 1 aliphatic rings. The van der Waals surface area contributed by atoms with Gasteiger partial charge in [-0.15, -0.1) is 0 Å². The number of benzene rings is 2. The van der Waals surface area contributed by atoms with Gasteiger partial charge in [0.15, 0.2) is 6.23 Å². The SMILES string of the molecule is NC(CCN1CCOCC1)OC(=O)c1ccc2ccccc2c1O. The second-order valence-corrected chi connectivity index (χ2v) is 5.87. The molecule has 2 aromatic carbocycles. The molecule has 6 heteroatoms. The molecule has 1 heterocycles. The molecule has 1 fully saturated rings. The van der Waals surface area contributed by atoms with Crippen molar-refractivity contribution in [3.05, 3.63) is 42.0 Å². The number of hydrogen-bond donors (Lipinski definition) is 2. The van der Waals surface area contributed by atoms with Crippen molar-refractivity contribution in [2.75, 3.05) is 32.8 Å². The minimum atomic E-state index is -0.703. The Kier molecular flexibility index (Phi) is 5.30. The Morgan fingerprint density at radius 1 is 1.25 bits per heavy atom. The van der Waals surface area contributed by atoms with Crippen LogP contribution in [0.1, 0.15) is 16.8 Å². The second kappa shape index (κ2) is 7.61. The lowest BCUT2D eigenvalue weighted by atomic mass is 10.1. The van der Waals surface area contributed by atoms with Crippen LogP contribution in [0, 0.1) is 0 Å². The van der Waals surface area contributed by atoms with E-state index in [9.17, 15) is 9.90 Å². The minimum absolute atomic E-state index is 0.0709. The number of fused-ring (bicyclic) bond motifs is 1. The fourth-order valence-corrected chi connectivity index (χ4v) is 2.81. The fourth-order valence-electron chi connectivity index (χ4n) is 2.81. The van der Waals surface area contributed by atoms with Gasteiger partial charge in [0.25, 0.3) is 0 Å². The van der Waals surface area contributed by atoms with Gasteiger partial charge < -0.3 is 14.6 Å². The van der Waals surface area contributed by atoms with Crippen LogP contribution in [-0.4, -0.2) is 55.1 Å². The Balaban J connectivity index is 1.60. The standard InChI is InChI=1S/C18H22N2O4/c19-16(7-8-20-9-11-23-12-10-20)24-18(22)15-6-5-13-3-1-2-4-14(13)17(15)21/h1-6,16,21H,7-12,19H2. The molecule has 0 aromatic heterocycles. The number of nitrogens with two attached hydrogens (primary N) is 1. The highest BCUT2D eigenvalue weighted by atomic mass is 16.6. The molecule has 1 saturated heterocycles. The van der Waals surface area contributed by atoms with Crippen LogP contribution in [0.15, 0.2) is 36.4 Å². The lowest BCUT2D eigenvalue weighted by Crippen LogP contribution is -2.39. The molecule has 1 aliphatic heterocycles. The van der Waals surface area contributed by atoms with Crippen molar-refractivity contribution >= 4 is 16.7 Å². The fraction of sp³-hybridized carbons (Fsp3) is 0.389. The Morgan fingerprint density at radius 3 is 2.79 bits per heavy atom. The van der Waals surface area contributed by atoms with Gasteiger partial charge in [0.05, 0.1) is 13.2 Å². The number of hydrogen-bond acceptors (Lipinski definition) is 6. The molecule has 0 bridgehead atoms. The average Bonchev–Trinajstić information content (AvgIpc) is 2.61. The second-order valence-electron chi connectivity index (χ2n) is 5.87. The Labute approximate surface area is 140 Å². The summed E-state index contributed by atoms with van der Waals surface area (Å²) in [5.41, 5.74) is 6.04. The van der Waals surface area contributed by atoms with Gasteiger partial charge in [-0.3, -0.25) is 10.6 Å². The summed E-state index contributed by atoms with van der Waals surface area (Å²) in [6.07, 6.45) is -0.161. The highest BCUT2D eigenvalue weighted by Crippen LogP contribution is 2.29. The van der Waals surface area contributed by atoms with Crippen LogP contribution in [0.4, 0.5) is 0 Å². The molecule has 24 heavy (non-hydrogen) atoms. The summed E-state index contributed by atoms with van der Waals surface area (Å²) < 4.78 is 10.6. The maximum absolute atomic E-state index is 12.3. The van der Waals surface area contributed by atoms with Crippen molar-refractivity contribution in [1.82, 2.24) is 4.90 Å². The number of nitrogens with zero attached hydrogens (tertiary/aromatic N) is 1. The van der Waals surface area contributed by atoms with Crippen LogP contribution < -0.4 is 5.73 Å². The zero-order chi connectivity index (χ0) is 16.9. The number of phenols is 1. The summed E-state index contributed by atoms with van der Waals surface area (Å²) >= 11 is 0. The van der Waals surface area contributed by atoms with Crippen molar-refractivity contribution in [3.63, 3.8) is 0 Å². The Hall–Kier alpha value is -2.15. The number of morpholine rings is 1. The normalized spacial score (nSPS) is 16.9. The topological polar surface area (TPSA) is 85.0 Å². The zero-order valence-electron chi connectivity index (χ0n) is 13.5. The van der Waals surface area contributed by atoms with Crippen LogP contribution in [-0.2, 0) is 9.47 Å². The smallest absolute Gasteiger partial charge is 0.343 e. The quantitative estimate of drug-likeness (QED) is 0.641. The molecular weight excluding hydrogens is 308 g/mol. The van der Waals surface area contributed by atoms with Gasteiger partial charge in [0.1, 0.15) is 11.3 Å².